The van der Waals surface area contributed by atoms with E-state index in [0.717, 1.165) is 28.1 Å². The highest BCUT2D eigenvalue weighted by Gasteiger charge is 2.50. The first kappa shape index (κ1) is 22.8. The summed E-state index contributed by atoms with van der Waals surface area (Å²) >= 11 is 0. The summed E-state index contributed by atoms with van der Waals surface area (Å²) in [5.41, 5.74) is -0.421. The number of ether oxygens (including phenoxy) is 1. The Bertz CT molecular complexity index is 1510. The minimum absolute atomic E-state index is 0.0000784. The van der Waals surface area contributed by atoms with E-state index in [0.29, 0.717) is 32.2 Å². The first-order valence-electron chi connectivity index (χ1n) is 11.3. The van der Waals surface area contributed by atoms with E-state index < -0.39 is 24.4 Å². The van der Waals surface area contributed by atoms with E-state index in [9.17, 15) is 26.7 Å². The van der Waals surface area contributed by atoms with Crippen molar-refractivity contribution < 1.29 is 31.5 Å². The van der Waals surface area contributed by atoms with Gasteiger partial charge in [-0.2, -0.15) is 18.3 Å². The number of alkyl halides is 3. The number of aromatic nitrogens is 5. The smallest absolute Gasteiger partial charge is 0.380 e. The van der Waals surface area contributed by atoms with Crippen molar-refractivity contribution in [3.05, 3.63) is 48.1 Å². The number of pyridine rings is 2. The standard InChI is InChI=1S/C23H19F5N6O2/c24-13-7-15(25)20-30-10-18(32(20)11-13)19-14-9-29-16(8-17(14)34(31-19)12-23(26,27)28)21(35)33-4-6-36-5-3-22(33)1-2-22/h7-11H,1-6,12H2. The molecule has 0 unspecified atom stereocenters. The van der Waals surface area contributed by atoms with Gasteiger partial charge in [-0.25, -0.2) is 13.8 Å². The van der Waals surface area contributed by atoms with Gasteiger partial charge in [-0.15, -0.1) is 0 Å². The second-order valence-corrected chi connectivity index (χ2v) is 9.09. The fourth-order valence-electron chi connectivity index (χ4n) is 4.87. The van der Waals surface area contributed by atoms with Gasteiger partial charge < -0.3 is 9.64 Å². The minimum atomic E-state index is -4.61. The molecule has 2 aliphatic rings. The van der Waals surface area contributed by atoms with Crippen LogP contribution in [0.25, 0.3) is 27.9 Å². The maximum absolute atomic E-state index is 14.2. The van der Waals surface area contributed by atoms with Crippen LogP contribution in [0.3, 0.4) is 0 Å². The van der Waals surface area contributed by atoms with Gasteiger partial charge in [0, 0.05) is 42.5 Å². The SMILES string of the molecule is O=C(c1cc2c(cn1)c(-c1cnc3c(F)cc(F)cn13)nn2CC(F)(F)F)N1CCOCCC12CC2. The highest BCUT2D eigenvalue weighted by Crippen LogP contribution is 2.46. The van der Waals surface area contributed by atoms with Crippen molar-refractivity contribution in [2.45, 2.75) is 37.5 Å². The highest BCUT2D eigenvalue weighted by molar-refractivity contribution is 5.99. The average Bonchev–Trinajstić information content (AvgIpc) is 3.42. The average molecular weight is 506 g/mol. The fourth-order valence-corrected chi connectivity index (χ4v) is 4.87. The Morgan fingerprint density at radius 3 is 2.64 bits per heavy atom. The number of hydrogen-bond donors (Lipinski definition) is 0. The summed E-state index contributed by atoms with van der Waals surface area (Å²) in [4.78, 5) is 23.3. The van der Waals surface area contributed by atoms with Gasteiger partial charge in [0.25, 0.3) is 5.91 Å². The second kappa shape index (κ2) is 7.95. The minimum Gasteiger partial charge on any atom is -0.380 e. The topological polar surface area (TPSA) is 77.6 Å². The molecule has 5 heterocycles. The molecule has 36 heavy (non-hydrogen) atoms. The third kappa shape index (κ3) is 3.77. The van der Waals surface area contributed by atoms with Crippen LogP contribution in [0.5, 0.6) is 0 Å². The maximum Gasteiger partial charge on any atom is 0.408 e. The highest BCUT2D eigenvalue weighted by atomic mass is 19.4. The molecule has 4 aromatic heterocycles. The van der Waals surface area contributed by atoms with Crippen molar-refractivity contribution in [1.82, 2.24) is 29.0 Å². The number of carbonyl (C=O) groups is 1. The van der Waals surface area contributed by atoms with Crippen molar-refractivity contribution in [1.29, 1.82) is 0 Å². The van der Waals surface area contributed by atoms with Gasteiger partial charge in [0.1, 0.15) is 23.7 Å². The van der Waals surface area contributed by atoms with E-state index in [1.165, 1.54) is 18.5 Å². The summed E-state index contributed by atoms with van der Waals surface area (Å²) < 4.78 is 75.6. The van der Waals surface area contributed by atoms with Crippen molar-refractivity contribution in [2.75, 3.05) is 19.8 Å². The zero-order chi connectivity index (χ0) is 25.2. The summed E-state index contributed by atoms with van der Waals surface area (Å²) in [7, 11) is 0. The number of imidazole rings is 1. The second-order valence-electron chi connectivity index (χ2n) is 9.09. The lowest BCUT2D eigenvalue weighted by molar-refractivity contribution is -0.141. The third-order valence-corrected chi connectivity index (χ3v) is 6.77. The Hall–Kier alpha value is -3.61. The van der Waals surface area contributed by atoms with E-state index in [2.05, 4.69) is 15.1 Å². The van der Waals surface area contributed by atoms with Crippen LogP contribution in [0.1, 0.15) is 29.8 Å². The van der Waals surface area contributed by atoms with Crippen molar-refractivity contribution in [2.24, 2.45) is 0 Å². The maximum atomic E-state index is 14.2. The van der Waals surface area contributed by atoms with Crippen LogP contribution in [-0.2, 0) is 11.3 Å². The number of halogens is 5. The first-order chi connectivity index (χ1) is 17.2. The number of amides is 1. The molecule has 1 saturated heterocycles. The normalized spacial score (nSPS) is 17.8. The molecule has 8 nitrogen and oxygen atoms in total. The van der Waals surface area contributed by atoms with Gasteiger partial charge in [-0.05, 0) is 25.3 Å². The van der Waals surface area contributed by atoms with Crippen LogP contribution >= 0.6 is 0 Å². The zero-order valence-electron chi connectivity index (χ0n) is 18.7. The molecule has 0 atom stereocenters. The summed E-state index contributed by atoms with van der Waals surface area (Å²) in [6.45, 7) is -0.154. The van der Waals surface area contributed by atoms with Crippen LogP contribution in [0.15, 0.2) is 30.7 Å². The predicted molar refractivity (Wildman–Crippen MR) is 116 cm³/mol. The van der Waals surface area contributed by atoms with Gasteiger partial charge >= 0.3 is 6.18 Å². The van der Waals surface area contributed by atoms with E-state index in [4.69, 9.17) is 4.74 Å². The Balaban J connectivity index is 1.48. The van der Waals surface area contributed by atoms with Gasteiger partial charge in [0.2, 0.25) is 0 Å². The molecule has 2 fully saturated rings. The van der Waals surface area contributed by atoms with Crippen molar-refractivity contribution >= 4 is 22.5 Å². The number of rotatable bonds is 3. The lowest BCUT2D eigenvalue weighted by Crippen LogP contribution is -2.43. The Morgan fingerprint density at radius 2 is 1.89 bits per heavy atom. The summed E-state index contributed by atoms with van der Waals surface area (Å²) in [6, 6.07) is 1.94. The molecule has 13 heteroatoms. The Morgan fingerprint density at radius 1 is 1.08 bits per heavy atom. The molecule has 0 bridgehead atoms. The van der Waals surface area contributed by atoms with Gasteiger partial charge in [0.15, 0.2) is 11.5 Å². The predicted octanol–water partition coefficient (Wildman–Crippen LogP) is 3.98. The molecular formula is C23H19F5N6O2. The fraction of sp³-hybridized carbons (Fsp3) is 0.391. The van der Waals surface area contributed by atoms with Gasteiger partial charge in [0.05, 0.1) is 24.0 Å². The molecule has 6 rings (SSSR count). The van der Waals surface area contributed by atoms with Crippen LogP contribution < -0.4 is 0 Å². The third-order valence-electron chi connectivity index (χ3n) is 6.77. The van der Waals surface area contributed by atoms with Crippen LogP contribution in [0, 0.1) is 11.6 Å². The van der Waals surface area contributed by atoms with E-state index >= 15 is 0 Å². The molecule has 1 aliphatic carbocycles. The molecule has 1 saturated carbocycles. The number of fused-ring (bicyclic) bond motifs is 2. The summed E-state index contributed by atoms with van der Waals surface area (Å²) in [6.07, 6.45) is 1.19. The van der Waals surface area contributed by atoms with Crippen LogP contribution in [0.4, 0.5) is 22.0 Å². The summed E-state index contributed by atoms with van der Waals surface area (Å²) in [5.74, 6) is -2.21. The van der Waals surface area contributed by atoms with Gasteiger partial charge in [-0.3, -0.25) is 18.9 Å². The lowest BCUT2D eigenvalue weighted by Gasteiger charge is -2.29. The van der Waals surface area contributed by atoms with Crippen LogP contribution in [0.2, 0.25) is 0 Å². The molecule has 4 aromatic rings. The molecule has 1 aliphatic heterocycles. The van der Waals surface area contributed by atoms with E-state index in [1.807, 2.05) is 0 Å². The quantitative estimate of drug-likeness (QED) is 0.393. The molecule has 0 N–H and O–H groups in total. The molecule has 1 amide bonds. The number of carbonyl (C=O) groups excluding carboxylic acids is 1. The molecule has 1 spiro atoms. The number of hydrogen-bond acceptors (Lipinski definition) is 5. The molecule has 188 valence electrons. The number of nitrogens with zero attached hydrogens (tertiary/aromatic N) is 6. The molecular weight excluding hydrogens is 487 g/mol. The Kier molecular flexibility index (Phi) is 5.04. The summed E-state index contributed by atoms with van der Waals surface area (Å²) in [5, 5.41) is 4.28. The van der Waals surface area contributed by atoms with Crippen molar-refractivity contribution in [3.63, 3.8) is 0 Å². The van der Waals surface area contributed by atoms with Gasteiger partial charge in [-0.1, -0.05) is 0 Å². The van der Waals surface area contributed by atoms with Crippen LogP contribution in [-0.4, -0.2) is 66.4 Å². The molecule has 0 radical (unpaired) electrons. The monoisotopic (exact) mass is 506 g/mol. The lowest BCUT2D eigenvalue weighted by atomic mass is 10.1. The van der Waals surface area contributed by atoms with Crippen molar-refractivity contribution in [3.8, 4) is 11.4 Å². The first-order valence-corrected chi connectivity index (χ1v) is 11.3. The Labute approximate surface area is 200 Å². The largest absolute Gasteiger partial charge is 0.408 e. The zero-order valence-corrected chi connectivity index (χ0v) is 18.7. The van der Waals surface area contributed by atoms with E-state index in [-0.39, 0.29) is 45.1 Å². The molecule has 0 aromatic carbocycles. The van der Waals surface area contributed by atoms with E-state index in [1.54, 1.807) is 4.90 Å².